The quantitative estimate of drug-likeness (QED) is 0.164. The largest absolute Gasteiger partial charge is 0.376 e. The Kier molecular flexibility index (Phi) is 8.89. The predicted molar refractivity (Wildman–Crippen MR) is 268 cm³/mol. The molecule has 0 fully saturated rings. The Labute approximate surface area is 371 Å². The number of para-hydroxylation sites is 2. The Morgan fingerprint density at radius 2 is 1.02 bits per heavy atom. The van der Waals surface area contributed by atoms with E-state index >= 15 is 0 Å². The third-order valence-corrected chi connectivity index (χ3v) is 13.9. The average Bonchev–Trinajstić information content (AvgIpc) is 3.23. The molecule has 0 bridgehead atoms. The van der Waals surface area contributed by atoms with Gasteiger partial charge < -0.3 is 14.6 Å². The van der Waals surface area contributed by atoms with Gasteiger partial charge in [0.05, 0.1) is 5.69 Å². The van der Waals surface area contributed by atoms with E-state index in [1.54, 1.807) is 0 Å². The van der Waals surface area contributed by atoms with Crippen LogP contribution in [0.3, 0.4) is 0 Å². The lowest BCUT2D eigenvalue weighted by Gasteiger charge is -2.50. The second-order valence-electron chi connectivity index (χ2n) is 21.7. The summed E-state index contributed by atoms with van der Waals surface area (Å²) in [5.74, 6) is 0. The Bertz CT molecular complexity index is 2830. The molecule has 3 aliphatic rings. The fourth-order valence-corrected chi connectivity index (χ4v) is 10.4. The lowest BCUT2D eigenvalue weighted by molar-refractivity contribution is 0.590. The van der Waals surface area contributed by atoms with Crippen molar-refractivity contribution in [3.05, 3.63) is 179 Å². The van der Waals surface area contributed by atoms with Gasteiger partial charge in [0.15, 0.2) is 0 Å². The van der Waals surface area contributed by atoms with Gasteiger partial charge in [-0.2, -0.15) is 0 Å². The highest BCUT2D eigenvalue weighted by Gasteiger charge is 2.49. The maximum atomic E-state index is 2.66. The molecule has 10 rings (SSSR count). The van der Waals surface area contributed by atoms with E-state index in [0.29, 0.717) is 0 Å². The molecule has 0 atom stereocenters. The lowest BCUT2D eigenvalue weighted by atomic mass is 9.42. The van der Waals surface area contributed by atoms with E-state index in [2.05, 4.69) is 243 Å². The first kappa shape index (κ1) is 40.1. The molecule has 0 saturated carbocycles. The number of anilines is 8. The third-order valence-electron chi connectivity index (χ3n) is 13.9. The zero-order valence-electron chi connectivity index (χ0n) is 38.8. The molecule has 4 heteroatoms. The molecular weight excluding hydrogens is 749 g/mol. The SMILES string of the molecule is Cc1cc2c3c(c1)N1c4ccccc4C(C)(C)c4cccc(c41)B3N(c1ccc(C(C)(C)C)cc1)c1cc(N(c3ccc(C(C)(C)C)cc3)c3ccc(C(C)(C)C)cc3)ccc1-2. The normalized spacial score (nSPS) is 14.8. The highest BCUT2D eigenvalue weighted by Crippen LogP contribution is 2.55. The van der Waals surface area contributed by atoms with Gasteiger partial charge in [-0.25, -0.2) is 0 Å². The summed E-state index contributed by atoms with van der Waals surface area (Å²) in [7, 11) is 0. The minimum atomic E-state index is -0.174. The van der Waals surface area contributed by atoms with Gasteiger partial charge in [0.2, 0.25) is 0 Å². The third kappa shape index (κ3) is 6.23. The molecule has 7 aromatic rings. The van der Waals surface area contributed by atoms with Crippen molar-refractivity contribution in [2.45, 2.75) is 105 Å². The molecular formula is C58H60BN3. The summed E-state index contributed by atoms with van der Waals surface area (Å²) in [5.41, 5.74) is 22.9. The second-order valence-corrected chi connectivity index (χ2v) is 21.7. The summed E-state index contributed by atoms with van der Waals surface area (Å²) in [4.78, 5) is 7.71. The van der Waals surface area contributed by atoms with Crippen molar-refractivity contribution >= 4 is 63.3 Å². The van der Waals surface area contributed by atoms with Crippen LogP contribution in [0, 0.1) is 6.92 Å². The van der Waals surface area contributed by atoms with E-state index in [4.69, 9.17) is 0 Å². The average molecular weight is 810 g/mol. The molecule has 3 aliphatic heterocycles. The van der Waals surface area contributed by atoms with Crippen LogP contribution in [0.15, 0.2) is 146 Å². The van der Waals surface area contributed by atoms with Gasteiger partial charge >= 0.3 is 6.85 Å². The van der Waals surface area contributed by atoms with Gasteiger partial charge in [-0.05, 0) is 134 Å². The number of hydrogen-bond acceptors (Lipinski definition) is 3. The summed E-state index contributed by atoms with van der Waals surface area (Å²) in [6.45, 7) is 27.7. The topological polar surface area (TPSA) is 9.72 Å². The Morgan fingerprint density at radius 1 is 0.484 bits per heavy atom. The molecule has 0 unspecified atom stereocenters. The predicted octanol–water partition coefficient (Wildman–Crippen LogP) is 14.7. The van der Waals surface area contributed by atoms with Gasteiger partial charge in [0.1, 0.15) is 0 Å². The second kappa shape index (κ2) is 13.8. The van der Waals surface area contributed by atoms with Crippen LogP contribution in [-0.4, -0.2) is 6.85 Å². The van der Waals surface area contributed by atoms with Crippen LogP contribution in [0.25, 0.3) is 11.1 Å². The van der Waals surface area contributed by atoms with Gasteiger partial charge in [0, 0.05) is 50.8 Å². The molecule has 0 saturated heterocycles. The monoisotopic (exact) mass is 809 g/mol. The van der Waals surface area contributed by atoms with Crippen LogP contribution in [0.4, 0.5) is 45.5 Å². The standard InChI is InChI=1S/C58H60BN3/c1-37-34-46-45-33-32-44(60(41-26-20-38(21-27-41)55(2,3)4)42-28-22-39(23-29-42)56(5,6)7)36-51(45)62(43-30-24-40(25-31-43)57(8,9)10)59-49-18-15-17-48-54(49)61(52(35-37)53(46)59)50-19-14-13-16-47(50)58(48,11)12/h13-36H,1-12H3. The van der Waals surface area contributed by atoms with Crippen LogP contribution in [0.1, 0.15) is 110 Å². The van der Waals surface area contributed by atoms with Crippen molar-refractivity contribution in [3.8, 4) is 11.1 Å². The van der Waals surface area contributed by atoms with Crippen molar-refractivity contribution in [2.75, 3.05) is 14.6 Å². The molecule has 62 heavy (non-hydrogen) atoms. The molecule has 0 aliphatic carbocycles. The van der Waals surface area contributed by atoms with Gasteiger partial charge in [-0.3, -0.25) is 0 Å². The first-order chi connectivity index (χ1) is 29.3. The van der Waals surface area contributed by atoms with Gasteiger partial charge in [-0.1, -0.05) is 161 Å². The highest BCUT2D eigenvalue weighted by atomic mass is 15.2. The van der Waals surface area contributed by atoms with Crippen LogP contribution in [0.5, 0.6) is 0 Å². The Hall–Kier alpha value is -6.00. The number of hydrogen-bond donors (Lipinski definition) is 0. The Morgan fingerprint density at radius 3 is 1.60 bits per heavy atom. The molecule has 0 aromatic heterocycles. The maximum Gasteiger partial charge on any atom is 0.333 e. The van der Waals surface area contributed by atoms with Crippen molar-refractivity contribution < 1.29 is 0 Å². The molecule has 0 N–H and O–H groups in total. The van der Waals surface area contributed by atoms with Crippen molar-refractivity contribution in [2.24, 2.45) is 0 Å². The van der Waals surface area contributed by atoms with E-state index in [1.807, 2.05) is 0 Å². The highest BCUT2D eigenvalue weighted by molar-refractivity contribution is 6.93. The summed E-state index contributed by atoms with van der Waals surface area (Å²) in [6, 6.07) is 56.1. The number of fused-ring (bicyclic) bond motifs is 6. The summed E-state index contributed by atoms with van der Waals surface area (Å²) in [5, 5.41) is 0. The number of benzene rings is 7. The fourth-order valence-electron chi connectivity index (χ4n) is 10.4. The number of rotatable bonds is 4. The molecule has 310 valence electrons. The first-order valence-electron chi connectivity index (χ1n) is 22.6. The lowest BCUT2D eigenvalue weighted by Crippen LogP contribution is -2.62. The fraction of sp³-hybridized carbons (Fsp3) is 0.276. The van der Waals surface area contributed by atoms with Gasteiger partial charge in [-0.15, -0.1) is 0 Å². The van der Waals surface area contributed by atoms with E-state index in [0.717, 1.165) is 17.1 Å². The van der Waals surface area contributed by atoms with E-state index < -0.39 is 0 Å². The molecule has 3 nitrogen and oxygen atoms in total. The van der Waals surface area contributed by atoms with Gasteiger partial charge in [0.25, 0.3) is 0 Å². The minimum absolute atomic E-state index is 0.0389. The van der Waals surface area contributed by atoms with E-state index in [-0.39, 0.29) is 28.5 Å². The van der Waals surface area contributed by atoms with Crippen LogP contribution >= 0.6 is 0 Å². The van der Waals surface area contributed by atoms with Crippen molar-refractivity contribution in [1.29, 1.82) is 0 Å². The summed E-state index contributed by atoms with van der Waals surface area (Å²) >= 11 is 0. The first-order valence-corrected chi connectivity index (χ1v) is 22.6. The number of nitrogens with zero attached hydrogens (tertiary/aromatic N) is 3. The molecule has 7 aromatic carbocycles. The van der Waals surface area contributed by atoms with E-state index in [9.17, 15) is 0 Å². The summed E-state index contributed by atoms with van der Waals surface area (Å²) < 4.78 is 0. The van der Waals surface area contributed by atoms with Crippen molar-refractivity contribution in [3.63, 3.8) is 0 Å². The smallest absolute Gasteiger partial charge is 0.333 e. The molecule has 0 amide bonds. The molecule has 0 radical (unpaired) electrons. The maximum absolute atomic E-state index is 2.66. The minimum Gasteiger partial charge on any atom is -0.376 e. The molecule has 3 heterocycles. The Balaban J connectivity index is 1.25. The van der Waals surface area contributed by atoms with Crippen molar-refractivity contribution in [1.82, 2.24) is 0 Å². The zero-order valence-corrected chi connectivity index (χ0v) is 38.8. The zero-order chi connectivity index (χ0) is 43.7. The number of aryl methyl sites for hydroxylation is 1. The van der Waals surface area contributed by atoms with Crippen LogP contribution < -0.4 is 25.5 Å². The van der Waals surface area contributed by atoms with Crippen LogP contribution in [-0.2, 0) is 21.7 Å². The molecule has 0 spiro atoms. The van der Waals surface area contributed by atoms with Crippen LogP contribution in [0.2, 0.25) is 0 Å². The van der Waals surface area contributed by atoms with E-state index in [1.165, 1.54) is 83.9 Å². The summed E-state index contributed by atoms with van der Waals surface area (Å²) in [6.07, 6.45) is 0.